The predicted octanol–water partition coefficient (Wildman–Crippen LogP) is 5.42. The highest BCUT2D eigenvalue weighted by Crippen LogP contribution is 2.30. The van der Waals surface area contributed by atoms with Crippen molar-refractivity contribution < 1.29 is 14.6 Å². The second-order valence-electron chi connectivity index (χ2n) is 6.96. The van der Waals surface area contributed by atoms with E-state index in [-0.39, 0.29) is 0 Å². The first-order chi connectivity index (χ1) is 10.7. The number of rotatable bonds is 14. The van der Waals surface area contributed by atoms with Gasteiger partial charge in [-0.3, -0.25) is 4.79 Å². The summed E-state index contributed by atoms with van der Waals surface area (Å²) in [6.07, 6.45) is 15.5. The van der Waals surface area contributed by atoms with Crippen LogP contribution in [0.5, 0.6) is 0 Å². The molecule has 1 aliphatic rings. The standard InChI is InChI=1S/C19H36O3/c1-2-3-4-5-6-9-12-17-15-22-16-18(17)13-10-7-8-11-14-19(20)21/h17-18H,2-16H2,1H3,(H,20,21)/t17-,18-/m0/s1. The van der Waals surface area contributed by atoms with Gasteiger partial charge in [0.2, 0.25) is 0 Å². The Morgan fingerprint density at radius 2 is 1.36 bits per heavy atom. The lowest BCUT2D eigenvalue weighted by Crippen LogP contribution is -2.12. The Hall–Kier alpha value is -0.570. The van der Waals surface area contributed by atoms with Crippen molar-refractivity contribution in [2.75, 3.05) is 13.2 Å². The maximum atomic E-state index is 10.5. The monoisotopic (exact) mass is 312 g/mol. The number of hydrogen-bond donors (Lipinski definition) is 1. The lowest BCUT2D eigenvalue weighted by molar-refractivity contribution is -0.137. The van der Waals surface area contributed by atoms with Gasteiger partial charge in [0.15, 0.2) is 0 Å². The van der Waals surface area contributed by atoms with Gasteiger partial charge < -0.3 is 9.84 Å². The number of carbonyl (C=O) groups is 1. The Morgan fingerprint density at radius 1 is 0.864 bits per heavy atom. The molecule has 1 aliphatic heterocycles. The molecule has 0 aromatic carbocycles. The number of carboxylic acid groups (broad SMARTS) is 1. The van der Waals surface area contributed by atoms with Gasteiger partial charge >= 0.3 is 5.97 Å². The molecule has 0 spiro atoms. The molecule has 0 unspecified atom stereocenters. The predicted molar refractivity (Wildman–Crippen MR) is 91.1 cm³/mol. The average Bonchev–Trinajstić information content (AvgIpc) is 2.93. The lowest BCUT2D eigenvalue weighted by atomic mass is 9.86. The van der Waals surface area contributed by atoms with Crippen molar-refractivity contribution in [3.63, 3.8) is 0 Å². The van der Waals surface area contributed by atoms with Crippen LogP contribution in [0, 0.1) is 11.8 Å². The Bertz CT molecular complexity index is 278. The molecule has 1 saturated heterocycles. The van der Waals surface area contributed by atoms with Crippen molar-refractivity contribution in [2.45, 2.75) is 90.4 Å². The molecule has 0 aromatic rings. The van der Waals surface area contributed by atoms with Crippen LogP contribution in [0.25, 0.3) is 0 Å². The SMILES string of the molecule is CCCCCCCC[C@H]1COC[C@@H]1CCCCCCC(=O)O. The third-order valence-electron chi connectivity index (χ3n) is 4.97. The molecule has 0 amide bonds. The Balaban J connectivity index is 1.99. The minimum atomic E-state index is -0.664. The summed E-state index contributed by atoms with van der Waals surface area (Å²) >= 11 is 0. The number of unbranched alkanes of at least 4 members (excludes halogenated alkanes) is 8. The quantitative estimate of drug-likeness (QED) is 0.435. The van der Waals surface area contributed by atoms with Crippen LogP contribution in [0.2, 0.25) is 0 Å². The molecule has 1 rings (SSSR count). The molecule has 1 fully saturated rings. The van der Waals surface area contributed by atoms with Crippen LogP contribution in [-0.4, -0.2) is 24.3 Å². The van der Waals surface area contributed by atoms with Gasteiger partial charge in [0.25, 0.3) is 0 Å². The fourth-order valence-corrected chi connectivity index (χ4v) is 3.50. The molecule has 3 heteroatoms. The van der Waals surface area contributed by atoms with Crippen LogP contribution in [0.3, 0.4) is 0 Å². The van der Waals surface area contributed by atoms with E-state index < -0.39 is 5.97 Å². The van der Waals surface area contributed by atoms with E-state index in [2.05, 4.69) is 6.92 Å². The second-order valence-corrected chi connectivity index (χ2v) is 6.96. The maximum absolute atomic E-state index is 10.5. The van der Waals surface area contributed by atoms with Gasteiger partial charge in [-0.1, -0.05) is 64.7 Å². The maximum Gasteiger partial charge on any atom is 0.303 e. The van der Waals surface area contributed by atoms with Gasteiger partial charge in [0, 0.05) is 19.6 Å². The van der Waals surface area contributed by atoms with Crippen molar-refractivity contribution in [3.8, 4) is 0 Å². The third kappa shape index (κ3) is 9.45. The van der Waals surface area contributed by atoms with Crippen molar-refractivity contribution in [3.05, 3.63) is 0 Å². The zero-order valence-electron chi connectivity index (χ0n) is 14.5. The first-order valence-electron chi connectivity index (χ1n) is 9.53. The van der Waals surface area contributed by atoms with E-state index in [9.17, 15) is 4.79 Å². The van der Waals surface area contributed by atoms with E-state index in [1.807, 2.05) is 0 Å². The zero-order chi connectivity index (χ0) is 16.0. The highest BCUT2D eigenvalue weighted by molar-refractivity contribution is 5.66. The minimum Gasteiger partial charge on any atom is -0.481 e. The van der Waals surface area contributed by atoms with E-state index in [0.717, 1.165) is 37.9 Å². The number of aliphatic carboxylic acids is 1. The molecule has 1 heterocycles. The number of carboxylic acids is 1. The lowest BCUT2D eigenvalue weighted by Gasteiger charge is -2.17. The van der Waals surface area contributed by atoms with E-state index in [4.69, 9.17) is 9.84 Å². The van der Waals surface area contributed by atoms with Gasteiger partial charge in [-0.2, -0.15) is 0 Å². The minimum absolute atomic E-state index is 0.327. The summed E-state index contributed by atoms with van der Waals surface area (Å²) in [5.74, 6) is 0.878. The van der Waals surface area contributed by atoms with Crippen LogP contribution in [-0.2, 0) is 9.53 Å². The van der Waals surface area contributed by atoms with Crippen LogP contribution >= 0.6 is 0 Å². The van der Waals surface area contributed by atoms with E-state index >= 15 is 0 Å². The third-order valence-corrected chi connectivity index (χ3v) is 4.97. The highest BCUT2D eigenvalue weighted by atomic mass is 16.5. The first-order valence-corrected chi connectivity index (χ1v) is 9.53. The summed E-state index contributed by atoms with van der Waals surface area (Å²) in [5, 5.41) is 8.61. The van der Waals surface area contributed by atoms with Gasteiger partial charge in [-0.15, -0.1) is 0 Å². The van der Waals surface area contributed by atoms with Crippen molar-refractivity contribution in [1.82, 2.24) is 0 Å². The average molecular weight is 312 g/mol. The van der Waals surface area contributed by atoms with E-state index in [1.54, 1.807) is 0 Å². The second kappa shape index (κ2) is 12.9. The van der Waals surface area contributed by atoms with Crippen molar-refractivity contribution in [2.24, 2.45) is 11.8 Å². The first kappa shape index (κ1) is 19.5. The summed E-state index contributed by atoms with van der Waals surface area (Å²) in [4.78, 5) is 10.5. The molecule has 0 radical (unpaired) electrons. The van der Waals surface area contributed by atoms with Gasteiger partial charge in [-0.25, -0.2) is 0 Å². The summed E-state index contributed by atoms with van der Waals surface area (Å²) in [6, 6.07) is 0. The molecular weight excluding hydrogens is 276 g/mol. The Morgan fingerprint density at radius 3 is 1.91 bits per heavy atom. The van der Waals surface area contributed by atoms with Gasteiger partial charge in [0.1, 0.15) is 0 Å². The van der Waals surface area contributed by atoms with Crippen LogP contribution in [0.15, 0.2) is 0 Å². The molecule has 22 heavy (non-hydrogen) atoms. The molecule has 2 atom stereocenters. The molecule has 0 aliphatic carbocycles. The van der Waals surface area contributed by atoms with Gasteiger partial charge in [0.05, 0.1) is 0 Å². The zero-order valence-corrected chi connectivity index (χ0v) is 14.5. The largest absolute Gasteiger partial charge is 0.481 e. The van der Waals surface area contributed by atoms with Crippen LogP contribution in [0.1, 0.15) is 90.4 Å². The number of ether oxygens (including phenoxy) is 1. The molecule has 0 aromatic heterocycles. The molecular formula is C19H36O3. The van der Waals surface area contributed by atoms with Crippen molar-refractivity contribution >= 4 is 5.97 Å². The molecule has 130 valence electrons. The molecule has 0 bridgehead atoms. The van der Waals surface area contributed by atoms with Crippen molar-refractivity contribution in [1.29, 1.82) is 0 Å². The van der Waals surface area contributed by atoms with Crippen LogP contribution < -0.4 is 0 Å². The van der Waals surface area contributed by atoms with Crippen LogP contribution in [0.4, 0.5) is 0 Å². The normalized spacial score (nSPS) is 21.3. The van der Waals surface area contributed by atoms with Gasteiger partial charge in [-0.05, 0) is 31.1 Å². The highest BCUT2D eigenvalue weighted by Gasteiger charge is 2.26. The summed E-state index contributed by atoms with van der Waals surface area (Å²) in [7, 11) is 0. The van der Waals surface area contributed by atoms with E-state index in [1.165, 1.54) is 64.2 Å². The summed E-state index contributed by atoms with van der Waals surface area (Å²) < 4.78 is 5.70. The summed E-state index contributed by atoms with van der Waals surface area (Å²) in [6.45, 7) is 4.19. The Kier molecular flexibility index (Phi) is 11.4. The fourth-order valence-electron chi connectivity index (χ4n) is 3.50. The molecule has 0 saturated carbocycles. The smallest absolute Gasteiger partial charge is 0.303 e. The topological polar surface area (TPSA) is 46.5 Å². The Labute approximate surface area is 136 Å². The van der Waals surface area contributed by atoms with E-state index in [0.29, 0.717) is 6.42 Å². The number of hydrogen-bond acceptors (Lipinski definition) is 2. The fraction of sp³-hybridized carbons (Fsp3) is 0.947. The summed E-state index contributed by atoms with van der Waals surface area (Å²) in [5.41, 5.74) is 0. The molecule has 1 N–H and O–H groups in total. The molecule has 3 nitrogen and oxygen atoms in total.